The molecule has 7 heteroatoms. The maximum absolute atomic E-state index is 13.5. The molecule has 0 saturated heterocycles. The van der Waals surface area contributed by atoms with Gasteiger partial charge in [-0.15, -0.1) is 11.3 Å². The standard InChI is InChI=1S/C27H25NO4S2/c1-32-26-12-6-5-8-23(26)18-28(19-24-9-7-17-33-24)27(29)22-15-13-21(14-16-22)20-34(30,31)25-10-3-2-4-11-25/h2-17H,18-20H2,1H3. The van der Waals surface area contributed by atoms with E-state index in [4.69, 9.17) is 4.74 Å². The Hall–Kier alpha value is -3.42. The Balaban J connectivity index is 1.55. The zero-order chi connectivity index (χ0) is 24.0. The second-order valence-electron chi connectivity index (χ2n) is 7.82. The van der Waals surface area contributed by atoms with Gasteiger partial charge in [0.15, 0.2) is 9.84 Å². The van der Waals surface area contributed by atoms with Crippen molar-refractivity contribution in [2.45, 2.75) is 23.7 Å². The minimum absolute atomic E-state index is 0.119. The second-order valence-corrected chi connectivity index (χ2v) is 10.8. The number of thiophene rings is 1. The third-order valence-corrected chi connectivity index (χ3v) is 7.99. The lowest BCUT2D eigenvalue weighted by molar-refractivity contribution is 0.0730. The van der Waals surface area contributed by atoms with Gasteiger partial charge in [-0.2, -0.15) is 0 Å². The van der Waals surface area contributed by atoms with Crippen molar-refractivity contribution in [3.63, 3.8) is 0 Å². The average Bonchev–Trinajstić information content (AvgIpc) is 3.37. The van der Waals surface area contributed by atoms with Gasteiger partial charge < -0.3 is 9.64 Å². The summed E-state index contributed by atoms with van der Waals surface area (Å²) in [6, 6.07) is 26.8. The molecule has 0 aliphatic rings. The van der Waals surface area contributed by atoms with Gasteiger partial charge in [-0.1, -0.05) is 54.6 Å². The summed E-state index contributed by atoms with van der Waals surface area (Å²) in [4.78, 5) is 16.6. The van der Waals surface area contributed by atoms with Crippen LogP contribution in [0.25, 0.3) is 0 Å². The first-order valence-corrected chi connectivity index (χ1v) is 13.3. The Morgan fingerprint density at radius 2 is 1.56 bits per heavy atom. The molecule has 0 fully saturated rings. The van der Waals surface area contributed by atoms with E-state index in [0.29, 0.717) is 24.2 Å². The first-order valence-electron chi connectivity index (χ1n) is 10.8. The normalized spacial score (nSPS) is 11.2. The Bertz CT molecular complexity index is 1330. The number of nitrogens with zero attached hydrogens (tertiary/aromatic N) is 1. The Kier molecular flexibility index (Phi) is 7.45. The molecule has 4 aromatic rings. The molecule has 1 amide bonds. The fraction of sp³-hybridized carbons (Fsp3) is 0.148. The van der Waals surface area contributed by atoms with Gasteiger partial charge in [0.05, 0.1) is 30.8 Å². The van der Waals surface area contributed by atoms with Crippen molar-refractivity contribution in [1.29, 1.82) is 0 Å². The first-order chi connectivity index (χ1) is 16.5. The van der Waals surface area contributed by atoms with Gasteiger partial charge in [0.1, 0.15) is 5.75 Å². The fourth-order valence-corrected chi connectivity index (χ4v) is 5.78. The van der Waals surface area contributed by atoms with Crippen molar-refractivity contribution in [2.75, 3.05) is 7.11 Å². The van der Waals surface area contributed by atoms with Gasteiger partial charge in [-0.25, -0.2) is 8.42 Å². The molecule has 0 atom stereocenters. The van der Waals surface area contributed by atoms with Crippen LogP contribution in [-0.2, 0) is 28.7 Å². The van der Waals surface area contributed by atoms with E-state index in [9.17, 15) is 13.2 Å². The van der Waals surface area contributed by atoms with Gasteiger partial charge in [0.25, 0.3) is 5.91 Å². The lowest BCUT2D eigenvalue weighted by Gasteiger charge is -2.23. The predicted octanol–water partition coefficient (Wildman–Crippen LogP) is 5.57. The minimum Gasteiger partial charge on any atom is -0.496 e. The summed E-state index contributed by atoms with van der Waals surface area (Å²) in [5, 5.41) is 1.99. The molecule has 34 heavy (non-hydrogen) atoms. The predicted molar refractivity (Wildman–Crippen MR) is 135 cm³/mol. The van der Waals surface area contributed by atoms with Gasteiger partial charge in [-0.05, 0) is 47.3 Å². The molecule has 4 rings (SSSR count). The highest BCUT2D eigenvalue weighted by atomic mass is 32.2. The largest absolute Gasteiger partial charge is 0.496 e. The summed E-state index contributed by atoms with van der Waals surface area (Å²) in [6.45, 7) is 0.865. The lowest BCUT2D eigenvalue weighted by Crippen LogP contribution is -2.30. The van der Waals surface area contributed by atoms with Crippen molar-refractivity contribution in [3.05, 3.63) is 118 Å². The Morgan fingerprint density at radius 3 is 2.24 bits per heavy atom. The monoisotopic (exact) mass is 491 g/mol. The van der Waals surface area contributed by atoms with Crippen molar-refractivity contribution in [2.24, 2.45) is 0 Å². The molecule has 0 bridgehead atoms. The molecular weight excluding hydrogens is 466 g/mol. The molecule has 1 heterocycles. The zero-order valence-corrected chi connectivity index (χ0v) is 20.4. The van der Waals surface area contributed by atoms with Crippen molar-refractivity contribution in [3.8, 4) is 5.75 Å². The van der Waals surface area contributed by atoms with Crippen LogP contribution in [-0.4, -0.2) is 26.3 Å². The molecule has 0 spiro atoms. The van der Waals surface area contributed by atoms with E-state index in [1.807, 2.05) is 41.8 Å². The Morgan fingerprint density at radius 1 is 0.853 bits per heavy atom. The number of hydrogen-bond acceptors (Lipinski definition) is 5. The summed E-state index contributed by atoms with van der Waals surface area (Å²) in [7, 11) is -1.84. The molecule has 5 nitrogen and oxygen atoms in total. The highest BCUT2D eigenvalue weighted by molar-refractivity contribution is 7.90. The number of carbonyl (C=O) groups excluding carboxylic acids is 1. The van der Waals surface area contributed by atoms with Crippen LogP contribution < -0.4 is 4.74 Å². The molecule has 0 aliphatic heterocycles. The van der Waals surface area contributed by atoms with Gasteiger partial charge >= 0.3 is 0 Å². The highest BCUT2D eigenvalue weighted by Crippen LogP contribution is 2.23. The SMILES string of the molecule is COc1ccccc1CN(Cc1cccs1)C(=O)c1ccc(CS(=O)(=O)c2ccccc2)cc1. The van der Waals surface area contributed by atoms with E-state index >= 15 is 0 Å². The molecule has 1 aromatic heterocycles. The van der Waals surface area contributed by atoms with E-state index in [-0.39, 0.29) is 16.6 Å². The number of amides is 1. The number of benzene rings is 3. The van der Waals surface area contributed by atoms with Crippen molar-refractivity contribution >= 4 is 27.1 Å². The van der Waals surface area contributed by atoms with Gasteiger partial charge in [-0.3, -0.25) is 4.79 Å². The van der Waals surface area contributed by atoms with Crippen LogP contribution in [0, 0.1) is 0 Å². The van der Waals surface area contributed by atoms with Crippen LogP contribution in [0.2, 0.25) is 0 Å². The van der Waals surface area contributed by atoms with E-state index in [2.05, 4.69) is 0 Å². The van der Waals surface area contributed by atoms with Crippen LogP contribution in [0.15, 0.2) is 101 Å². The molecule has 0 saturated carbocycles. The smallest absolute Gasteiger partial charge is 0.254 e. The van der Waals surface area contributed by atoms with Crippen LogP contribution in [0.5, 0.6) is 5.75 Å². The Labute approximate surface area is 204 Å². The molecule has 174 valence electrons. The molecule has 0 unspecified atom stereocenters. The number of sulfone groups is 1. The number of methoxy groups -OCH3 is 1. The summed E-state index contributed by atoms with van der Waals surface area (Å²) in [5.41, 5.74) is 2.06. The van der Waals surface area contributed by atoms with Gasteiger partial charge in [0, 0.05) is 16.0 Å². The molecule has 0 aliphatic carbocycles. The number of ether oxygens (including phenoxy) is 1. The molecule has 0 N–H and O–H groups in total. The maximum atomic E-state index is 13.5. The third-order valence-electron chi connectivity index (χ3n) is 5.43. The van der Waals surface area contributed by atoms with E-state index in [1.54, 1.807) is 77.9 Å². The van der Waals surface area contributed by atoms with E-state index in [0.717, 1.165) is 16.2 Å². The third kappa shape index (κ3) is 5.73. The topological polar surface area (TPSA) is 63.7 Å². The maximum Gasteiger partial charge on any atom is 0.254 e. The van der Waals surface area contributed by atoms with Crippen molar-refractivity contribution < 1.29 is 17.9 Å². The van der Waals surface area contributed by atoms with Gasteiger partial charge in [0.2, 0.25) is 0 Å². The average molecular weight is 492 g/mol. The summed E-state index contributed by atoms with van der Waals surface area (Å²) < 4.78 is 30.8. The number of hydrogen-bond donors (Lipinski definition) is 0. The lowest BCUT2D eigenvalue weighted by atomic mass is 10.1. The van der Waals surface area contributed by atoms with E-state index in [1.165, 1.54) is 0 Å². The molecule has 0 radical (unpaired) electrons. The second kappa shape index (κ2) is 10.7. The first kappa shape index (κ1) is 23.7. The number of rotatable bonds is 9. The molecule has 3 aromatic carbocycles. The highest BCUT2D eigenvalue weighted by Gasteiger charge is 2.20. The van der Waals surface area contributed by atoms with Crippen LogP contribution in [0.3, 0.4) is 0 Å². The summed E-state index contributed by atoms with van der Waals surface area (Å²) in [5.74, 6) is 0.482. The summed E-state index contributed by atoms with van der Waals surface area (Å²) in [6.07, 6.45) is 0. The quantitative estimate of drug-likeness (QED) is 0.307. The molecular formula is C27H25NO4S2. The fourth-order valence-electron chi connectivity index (χ4n) is 3.69. The number of para-hydroxylation sites is 1. The minimum atomic E-state index is -3.45. The number of carbonyl (C=O) groups is 1. The van der Waals surface area contributed by atoms with Crippen LogP contribution in [0.4, 0.5) is 0 Å². The van der Waals surface area contributed by atoms with Crippen LogP contribution >= 0.6 is 11.3 Å². The van der Waals surface area contributed by atoms with E-state index < -0.39 is 9.84 Å². The zero-order valence-electron chi connectivity index (χ0n) is 18.8. The summed E-state index contributed by atoms with van der Waals surface area (Å²) >= 11 is 1.60. The van der Waals surface area contributed by atoms with Crippen LogP contribution in [0.1, 0.15) is 26.4 Å². The van der Waals surface area contributed by atoms with Crippen molar-refractivity contribution in [1.82, 2.24) is 4.90 Å².